The molecule has 2 aliphatic rings. The van der Waals surface area contributed by atoms with Gasteiger partial charge in [-0.3, -0.25) is 0 Å². The first kappa shape index (κ1) is 22.4. The first-order valence-electron chi connectivity index (χ1n) is 12.2. The van der Waals surface area contributed by atoms with E-state index in [0.717, 1.165) is 18.7 Å². The predicted molar refractivity (Wildman–Crippen MR) is 136 cm³/mol. The van der Waals surface area contributed by atoms with Crippen molar-refractivity contribution in [1.82, 2.24) is 14.8 Å². The molecule has 0 spiro atoms. The maximum Gasteiger partial charge on any atom is 0.261 e. The molecule has 2 unspecified atom stereocenters. The predicted octanol–water partition coefficient (Wildman–Crippen LogP) is 4.51. The van der Waals surface area contributed by atoms with Crippen molar-refractivity contribution in [3.05, 3.63) is 66.5 Å². The number of nitrogens with two attached hydrogens (primary N) is 1. The number of nitrogen functional groups attached to an aromatic ring is 1. The van der Waals surface area contributed by atoms with E-state index in [1.807, 2.05) is 4.68 Å². The fourth-order valence-corrected chi connectivity index (χ4v) is 10.9. The average Bonchev–Trinajstić information content (AvgIpc) is 3.09. The van der Waals surface area contributed by atoms with E-state index in [0.29, 0.717) is 23.7 Å². The summed E-state index contributed by atoms with van der Waals surface area (Å²) in [7, 11) is -2.50. The second-order valence-electron chi connectivity index (χ2n) is 11.1. The Kier molecular flexibility index (Phi) is 5.49. The van der Waals surface area contributed by atoms with Gasteiger partial charge in [0.25, 0.3) is 8.32 Å². The largest absolute Gasteiger partial charge is 0.404 e. The molecule has 0 saturated heterocycles. The second kappa shape index (κ2) is 8.10. The van der Waals surface area contributed by atoms with E-state index < -0.39 is 8.32 Å². The first-order chi connectivity index (χ1) is 15.7. The Bertz CT molecular complexity index is 1050. The molecule has 6 heteroatoms. The first-order valence-corrected chi connectivity index (χ1v) is 14.1. The number of rotatable bonds is 6. The normalized spacial score (nSPS) is 24.8. The second-order valence-corrected chi connectivity index (χ2v) is 15.3. The Morgan fingerprint density at radius 1 is 0.939 bits per heavy atom. The van der Waals surface area contributed by atoms with Gasteiger partial charge in [-0.05, 0) is 53.9 Å². The van der Waals surface area contributed by atoms with Crippen molar-refractivity contribution in [3.8, 4) is 0 Å². The van der Waals surface area contributed by atoms with Crippen molar-refractivity contribution in [3.63, 3.8) is 0 Å². The van der Waals surface area contributed by atoms with Crippen LogP contribution >= 0.6 is 0 Å². The van der Waals surface area contributed by atoms with Crippen LogP contribution in [0.4, 0.5) is 5.95 Å². The van der Waals surface area contributed by atoms with Crippen molar-refractivity contribution in [2.45, 2.75) is 70.6 Å². The van der Waals surface area contributed by atoms with Crippen molar-refractivity contribution in [1.29, 1.82) is 0 Å². The Morgan fingerprint density at radius 2 is 1.45 bits per heavy atom. The minimum Gasteiger partial charge on any atom is -0.404 e. The zero-order valence-corrected chi connectivity index (χ0v) is 21.4. The SMILES string of the molecule is CC(C)n1nc(N)nc1C1[C@H]2CC(O[Si](c3ccccc3)(c3ccccc3)C(C)(C)C)C[C@@H]12. The molecule has 0 aliphatic heterocycles. The van der Waals surface area contributed by atoms with E-state index in [-0.39, 0.29) is 17.2 Å². The summed E-state index contributed by atoms with van der Waals surface area (Å²) < 4.78 is 9.40. The smallest absolute Gasteiger partial charge is 0.261 e. The summed E-state index contributed by atoms with van der Waals surface area (Å²) >= 11 is 0. The van der Waals surface area contributed by atoms with Gasteiger partial charge in [0.1, 0.15) is 5.82 Å². The number of hydrogen-bond donors (Lipinski definition) is 1. The lowest BCUT2D eigenvalue weighted by Crippen LogP contribution is -2.67. The van der Waals surface area contributed by atoms with Crippen LogP contribution in [0, 0.1) is 11.8 Å². The number of aromatic nitrogens is 3. The van der Waals surface area contributed by atoms with Gasteiger partial charge in [-0.1, -0.05) is 81.4 Å². The molecule has 1 aromatic heterocycles. The van der Waals surface area contributed by atoms with E-state index in [1.54, 1.807) is 0 Å². The summed E-state index contributed by atoms with van der Waals surface area (Å²) in [5.74, 6) is 3.17. The van der Waals surface area contributed by atoms with Crippen LogP contribution in [0.1, 0.15) is 65.2 Å². The van der Waals surface area contributed by atoms with Crippen molar-refractivity contribution < 1.29 is 4.43 Å². The van der Waals surface area contributed by atoms with Crippen molar-refractivity contribution in [2.24, 2.45) is 11.8 Å². The highest BCUT2D eigenvalue weighted by molar-refractivity contribution is 6.99. The van der Waals surface area contributed by atoms with Crippen LogP contribution < -0.4 is 16.1 Å². The standard InChI is InChI=1S/C27H36N4OSi/c1-18(2)31-25(29-26(28)30-31)24-22-16-19(17-23(22)24)32-33(27(3,4)5,20-12-8-6-9-13-20)21-14-10-7-11-15-21/h6-15,18-19,22-24H,16-17H2,1-5H3,(H2,28,30)/t19?,22-,23+,24?. The molecule has 2 aliphatic carbocycles. The summed E-state index contributed by atoms with van der Waals surface area (Å²) in [6.07, 6.45) is 2.45. The van der Waals surface area contributed by atoms with Gasteiger partial charge in [-0.25, -0.2) is 4.68 Å². The molecular weight excluding hydrogens is 424 g/mol. The molecule has 0 radical (unpaired) electrons. The van der Waals surface area contributed by atoms with Gasteiger partial charge in [0.2, 0.25) is 5.95 Å². The molecule has 1 heterocycles. The molecule has 2 aromatic carbocycles. The van der Waals surface area contributed by atoms with Crippen LogP contribution in [-0.4, -0.2) is 29.2 Å². The summed E-state index contributed by atoms with van der Waals surface area (Å²) in [5, 5.41) is 7.17. The van der Waals surface area contributed by atoms with Gasteiger partial charge in [0.05, 0.1) is 0 Å². The Morgan fingerprint density at radius 3 is 1.91 bits per heavy atom. The maximum atomic E-state index is 7.37. The number of hydrogen-bond acceptors (Lipinski definition) is 4. The van der Waals surface area contributed by atoms with Crippen LogP contribution in [0.2, 0.25) is 5.04 Å². The van der Waals surface area contributed by atoms with E-state index in [4.69, 9.17) is 10.2 Å². The van der Waals surface area contributed by atoms with Crippen molar-refractivity contribution >= 4 is 24.6 Å². The van der Waals surface area contributed by atoms with Crippen LogP contribution in [0.25, 0.3) is 0 Å². The molecule has 0 amide bonds. The van der Waals surface area contributed by atoms with Gasteiger partial charge in [0, 0.05) is 18.1 Å². The lowest BCUT2D eigenvalue weighted by Gasteiger charge is -2.45. The monoisotopic (exact) mass is 460 g/mol. The van der Waals surface area contributed by atoms with Gasteiger partial charge in [0.15, 0.2) is 0 Å². The fraction of sp³-hybridized carbons (Fsp3) is 0.481. The number of fused-ring (bicyclic) bond motifs is 1. The van der Waals surface area contributed by atoms with Gasteiger partial charge < -0.3 is 10.2 Å². The number of benzene rings is 2. The Balaban J connectivity index is 1.44. The molecule has 4 atom stereocenters. The summed E-state index contributed by atoms with van der Waals surface area (Å²) in [6.45, 7) is 11.3. The molecule has 0 bridgehead atoms. The third kappa shape index (κ3) is 3.73. The molecule has 5 rings (SSSR count). The van der Waals surface area contributed by atoms with E-state index in [2.05, 4.69) is 105 Å². The molecule has 33 heavy (non-hydrogen) atoms. The minimum atomic E-state index is -2.50. The Hall–Kier alpha value is -2.44. The molecule has 2 fully saturated rings. The highest BCUT2D eigenvalue weighted by atomic mass is 28.4. The number of anilines is 1. The lowest BCUT2D eigenvalue weighted by molar-refractivity contribution is 0.177. The fourth-order valence-electron chi connectivity index (χ4n) is 6.17. The number of nitrogens with zero attached hydrogens (tertiary/aromatic N) is 3. The van der Waals surface area contributed by atoms with E-state index in [9.17, 15) is 0 Å². The van der Waals surface area contributed by atoms with Crippen LogP contribution in [0.15, 0.2) is 60.7 Å². The quantitative estimate of drug-likeness (QED) is 0.550. The van der Waals surface area contributed by atoms with Crippen LogP contribution in [0.5, 0.6) is 0 Å². The topological polar surface area (TPSA) is 66.0 Å². The molecular formula is C27H36N4OSi. The third-order valence-corrected chi connectivity index (χ3v) is 12.7. The maximum absolute atomic E-state index is 7.37. The zero-order valence-electron chi connectivity index (χ0n) is 20.4. The Labute approximate surface area is 198 Å². The van der Waals surface area contributed by atoms with Gasteiger partial charge >= 0.3 is 0 Å². The van der Waals surface area contributed by atoms with Gasteiger partial charge in [-0.2, -0.15) is 4.98 Å². The summed E-state index contributed by atoms with van der Waals surface area (Å²) in [4.78, 5) is 4.61. The van der Waals surface area contributed by atoms with Crippen LogP contribution in [0.3, 0.4) is 0 Å². The van der Waals surface area contributed by atoms with Gasteiger partial charge in [-0.15, -0.1) is 5.10 Å². The zero-order chi connectivity index (χ0) is 23.4. The highest BCUT2D eigenvalue weighted by Gasteiger charge is 2.61. The molecule has 2 N–H and O–H groups in total. The van der Waals surface area contributed by atoms with Crippen molar-refractivity contribution in [2.75, 3.05) is 5.73 Å². The summed E-state index contributed by atoms with van der Waals surface area (Å²) in [6, 6.07) is 22.2. The molecule has 174 valence electrons. The third-order valence-electron chi connectivity index (χ3n) is 7.62. The summed E-state index contributed by atoms with van der Waals surface area (Å²) in [5.41, 5.74) is 5.96. The average molecular weight is 461 g/mol. The molecule has 2 saturated carbocycles. The van der Waals surface area contributed by atoms with E-state index in [1.165, 1.54) is 10.4 Å². The molecule has 5 nitrogen and oxygen atoms in total. The van der Waals surface area contributed by atoms with Crippen LogP contribution in [-0.2, 0) is 4.43 Å². The highest BCUT2D eigenvalue weighted by Crippen LogP contribution is 2.64. The van der Waals surface area contributed by atoms with E-state index >= 15 is 0 Å². The minimum absolute atomic E-state index is 0.00809. The molecule has 3 aromatic rings. The lowest BCUT2D eigenvalue weighted by atomic mass is 10.1.